The predicted octanol–water partition coefficient (Wildman–Crippen LogP) is 3.37. The van der Waals surface area contributed by atoms with Crippen molar-refractivity contribution in [3.05, 3.63) is 16.9 Å². The van der Waals surface area contributed by atoms with Gasteiger partial charge in [-0.1, -0.05) is 25.4 Å². The summed E-state index contributed by atoms with van der Waals surface area (Å²) in [6, 6.07) is 0.248. The molecule has 0 aromatic carbocycles. The van der Waals surface area contributed by atoms with Gasteiger partial charge >= 0.3 is 0 Å². The predicted molar refractivity (Wildman–Crippen MR) is 87.8 cm³/mol. The van der Waals surface area contributed by atoms with Crippen LogP contribution in [0.5, 0.6) is 0 Å². The second kappa shape index (κ2) is 10.5. The summed E-state index contributed by atoms with van der Waals surface area (Å²) in [5, 5.41) is 8.69. The molecule has 1 atom stereocenters. The van der Waals surface area contributed by atoms with Gasteiger partial charge in [-0.3, -0.25) is 4.68 Å². The third-order valence-electron chi connectivity index (χ3n) is 2.94. The van der Waals surface area contributed by atoms with Gasteiger partial charge in [0.2, 0.25) is 0 Å². The van der Waals surface area contributed by atoms with Crippen LogP contribution in [0, 0.1) is 0 Å². The van der Waals surface area contributed by atoms with Gasteiger partial charge in [-0.25, -0.2) is 0 Å². The van der Waals surface area contributed by atoms with Crippen molar-refractivity contribution in [1.82, 2.24) is 15.1 Å². The lowest BCUT2D eigenvalue weighted by Gasteiger charge is -2.20. The molecule has 0 saturated heterocycles. The van der Waals surface area contributed by atoms with Crippen LogP contribution in [0.25, 0.3) is 0 Å². The zero-order valence-electron chi connectivity index (χ0n) is 12.7. The Hall–Kier alpha value is -0.230. The first-order chi connectivity index (χ1) is 9.74. The molecule has 1 unspecified atom stereocenters. The Labute approximate surface area is 131 Å². The number of hydrogen-bond donors (Lipinski definition) is 1. The van der Waals surface area contributed by atoms with Crippen LogP contribution in [0.1, 0.15) is 38.4 Å². The maximum Gasteiger partial charge on any atom is 0.0834 e. The number of hydrogen-bond acceptors (Lipinski definition) is 4. The summed E-state index contributed by atoms with van der Waals surface area (Å²) in [6.07, 6.45) is 4.04. The molecule has 20 heavy (non-hydrogen) atoms. The molecule has 0 aliphatic heterocycles. The Balaban J connectivity index is 2.78. The molecule has 0 saturated carbocycles. The van der Waals surface area contributed by atoms with Gasteiger partial charge in [0, 0.05) is 12.9 Å². The highest BCUT2D eigenvalue weighted by Crippen LogP contribution is 2.26. The molecular weight excluding hydrogens is 294 g/mol. The van der Waals surface area contributed by atoms with Crippen molar-refractivity contribution >= 4 is 23.4 Å². The van der Waals surface area contributed by atoms with E-state index >= 15 is 0 Å². The van der Waals surface area contributed by atoms with Crippen LogP contribution < -0.4 is 5.32 Å². The molecular formula is C14H26ClN3OS. The van der Waals surface area contributed by atoms with Crippen molar-refractivity contribution in [3.63, 3.8) is 0 Å². The number of aromatic nitrogens is 2. The van der Waals surface area contributed by atoms with Crippen molar-refractivity contribution in [2.75, 3.05) is 31.8 Å². The summed E-state index contributed by atoms with van der Waals surface area (Å²) in [5.74, 6) is 2.19. The second-order valence-electron chi connectivity index (χ2n) is 4.68. The maximum absolute atomic E-state index is 6.34. The largest absolute Gasteiger partial charge is 0.383 e. The summed E-state index contributed by atoms with van der Waals surface area (Å²) in [6.45, 7) is 6.75. The number of rotatable bonds is 11. The first kappa shape index (κ1) is 17.8. The first-order valence-electron chi connectivity index (χ1n) is 7.25. The van der Waals surface area contributed by atoms with Crippen LogP contribution in [-0.4, -0.2) is 41.5 Å². The SMILES string of the molecule is CCCNC(CSCCC)c1c(Cl)cnn1CCOC. The molecule has 1 aromatic rings. The molecule has 1 aromatic heterocycles. The van der Waals surface area contributed by atoms with E-state index in [4.69, 9.17) is 16.3 Å². The highest BCUT2D eigenvalue weighted by atomic mass is 35.5. The minimum Gasteiger partial charge on any atom is -0.383 e. The Morgan fingerprint density at radius 3 is 2.90 bits per heavy atom. The van der Waals surface area contributed by atoms with Crippen molar-refractivity contribution in [2.24, 2.45) is 0 Å². The van der Waals surface area contributed by atoms with Crippen LogP contribution in [-0.2, 0) is 11.3 Å². The van der Waals surface area contributed by atoms with Crippen LogP contribution in [0.2, 0.25) is 5.02 Å². The van der Waals surface area contributed by atoms with Crippen LogP contribution in [0.3, 0.4) is 0 Å². The fraction of sp³-hybridized carbons (Fsp3) is 0.786. The lowest BCUT2D eigenvalue weighted by atomic mass is 10.2. The number of methoxy groups -OCH3 is 1. The number of nitrogens with zero attached hydrogens (tertiary/aromatic N) is 2. The molecule has 0 amide bonds. The smallest absolute Gasteiger partial charge is 0.0834 e. The fourth-order valence-corrected chi connectivity index (χ4v) is 3.21. The van der Waals surface area contributed by atoms with Crippen molar-refractivity contribution in [3.8, 4) is 0 Å². The standard InChI is InChI=1S/C14H26ClN3OS/c1-4-6-16-13(11-20-9-5-2)14-12(15)10-17-18(14)7-8-19-3/h10,13,16H,4-9,11H2,1-3H3. The van der Waals surface area contributed by atoms with E-state index in [1.165, 1.54) is 12.2 Å². The molecule has 116 valence electrons. The molecule has 1 rings (SSSR count). The van der Waals surface area contributed by atoms with Crippen LogP contribution in [0.15, 0.2) is 6.20 Å². The van der Waals surface area contributed by atoms with Gasteiger partial charge in [-0.15, -0.1) is 0 Å². The van der Waals surface area contributed by atoms with Gasteiger partial charge in [0.05, 0.1) is 36.1 Å². The number of nitrogens with one attached hydrogen (secondary N) is 1. The monoisotopic (exact) mass is 319 g/mol. The summed E-state index contributed by atoms with van der Waals surface area (Å²) in [5.41, 5.74) is 1.08. The van der Waals surface area contributed by atoms with E-state index in [0.29, 0.717) is 6.61 Å². The quantitative estimate of drug-likeness (QED) is 0.635. The normalized spacial score (nSPS) is 12.8. The minimum atomic E-state index is 0.248. The van der Waals surface area contributed by atoms with Gasteiger partial charge in [-0.05, 0) is 25.1 Å². The Kier molecular flexibility index (Phi) is 9.35. The molecule has 0 radical (unpaired) electrons. The highest BCUT2D eigenvalue weighted by Gasteiger charge is 2.19. The van der Waals surface area contributed by atoms with E-state index in [1.54, 1.807) is 13.3 Å². The highest BCUT2D eigenvalue weighted by molar-refractivity contribution is 7.99. The van der Waals surface area contributed by atoms with Crippen molar-refractivity contribution < 1.29 is 4.74 Å². The molecule has 1 N–H and O–H groups in total. The van der Waals surface area contributed by atoms with E-state index < -0.39 is 0 Å². The first-order valence-corrected chi connectivity index (χ1v) is 8.79. The summed E-state index contributed by atoms with van der Waals surface area (Å²) >= 11 is 8.29. The van der Waals surface area contributed by atoms with E-state index in [1.807, 2.05) is 16.4 Å². The number of thioether (sulfide) groups is 1. The molecule has 0 bridgehead atoms. The van der Waals surface area contributed by atoms with E-state index in [0.717, 1.165) is 36.0 Å². The molecule has 1 heterocycles. The zero-order chi connectivity index (χ0) is 14.8. The van der Waals surface area contributed by atoms with Gasteiger partial charge < -0.3 is 10.1 Å². The van der Waals surface area contributed by atoms with Crippen molar-refractivity contribution in [2.45, 2.75) is 39.3 Å². The molecule has 0 fully saturated rings. The zero-order valence-corrected chi connectivity index (χ0v) is 14.3. The van der Waals surface area contributed by atoms with E-state index in [-0.39, 0.29) is 6.04 Å². The Morgan fingerprint density at radius 2 is 2.25 bits per heavy atom. The molecule has 4 nitrogen and oxygen atoms in total. The summed E-state index contributed by atoms with van der Waals surface area (Å²) in [7, 11) is 1.70. The van der Waals surface area contributed by atoms with Crippen LogP contribution >= 0.6 is 23.4 Å². The Morgan fingerprint density at radius 1 is 1.45 bits per heavy atom. The molecule has 0 aliphatic carbocycles. The molecule has 0 aliphatic rings. The average molecular weight is 320 g/mol. The molecule has 0 spiro atoms. The van der Waals surface area contributed by atoms with E-state index in [2.05, 4.69) is 24.3 Å². The fourth-order valence-electron chi connectivity index (χ4n) is 1.97. The third kappa shape index (κ3) is 5.64. The van der Waals surface area contributed by atoms with Crippen molar-refractivity contribution in [1.29, 1.82) is 0 Å². The number of halogens is 1. The second-order valence-corrected chi connectivity index (χ2v) is 6.23. The van der Waals surface area contributed by atoms with Gasteiger partial charge in [0.25, 0.3) is 0 Å². The minimum absolute atomic E-state index is 0.248. The van der Waals surface area contributed by atoms with Crippen LogP contribution in [0.4, 0.5) is 0 Å². The summed E-state index contributed by atoms with van der Waals surface area (Å²) in [4.78, 5) is 0. The lowest BCUT2D eigenvalue weighted by Crippen LogP contribution is -2.27. The third-order valence-corrected chi connectivity index (χ3v) is 4.50. The lowest BCUT2D eigenvalue weighted by molar-refractivity contribution is 0.182. The van der Waals surface area contributed by atoms with E-state index in [9.17, 15) is 0 Å². The van der Waals surface area contributed by atoms with Gasteiger partial charge in [0.15, 0.2) is 0 Å². The maximum atomic E-state index is 6.34. The molecule has 6 heteroatoms. The number of ether oxygens (including phenoxy) is 1. The summed E-state index contributed by atoms with van der Waals surface area (Å²) < 4.78 is 7.10. The van der Waals surface area contributed by atoms with Gasteiger partial charge in [0.1, 0.15) is 0 Å². The topological polar surface area (TPSA) is 39.1 Å². The Bertz CT molecular complexity index is 373. The average Bonchev–Trinajstić information content (AvgIpc) is 2.81. The van der Waals surface area contributed by atoms with Gasteiger partial charge in [-0.2, -0.15) is 16.9 Å².